The van der Waals surface area contributed by atoms with Gasteiger partial charge in [0.15, 0.2) is 5.13 Å². The first-order valence-corrected chi connectivity index (χ1v) is 6.94. The average molecular weight is 255 g/mol. The van der Waals surface area contributed by atoms with Crippen molar-refractivity contribution in [3.8, 4) is 0 Å². The van der Waals surface area contributed by atoms with Gasteiger partial charge in [-0.1, -0.05) is 0 Å². The summed E-state index contributed by atoms with van der Waals surface area (Å²) >= 11 is 1.73. The van der Waals surface area contributed by atoms with Crippen LogP contribution in [0, 0.1) is 6.92 Å². The van der Waals surface area contributed by atoms with E-state index in [0.29, 0.717) is 6.10 Å². The number of rotatable bonds is 3. The number of nitrogens with zero attached hydrogens (tertiary/aromatic N) is 2. The largest absolute Gasteiger partial charge is 0.381 e. The minimum atomic E-state index is 0.0813. The van der Waals surface area contributed by atoms with Crippen LogP contribution in [-0.2, 0) is 4.74 Å². The van der Waals surface area contributed by atoms with E-state index < -0.39 is 0 Å². The summed E-state index contributed by atoms with van der Waals surface area (Å²) in [5, 5.41) is 1.12. The van der Waals surface area contributed by atoms with Gasteiger partial charge in [-0.3, -0.25) is 0 Å². The number of aryl methyl sites for hydroxylation is 1. The van der Waals surface area contributed by atoms with Crippen LogP contribution in [0.4, 0.5) is 5.13 Å². The van der Waals surface area contributed by atoms with Gasteiger partial charge in [-0.05, 0) is 26.7 Å². The number of piperidine rings is 1. The molecule has 1 saturated heterocycles. The van der Waals surface area contributed by atoms with Crippen molar-refractivity contribution >= 4 is 16.5 Å². The van der Waals surface area contributed by atoms with E-state index in [1.54, 1.807) is 18.4 Å². The molecule has 0 aromatic carbocycles. The molecule has 96 valence electrons. The first-order chi connectivity index (χ1) is 8.11. The molecule has 1 unspecified atom stereocenters. The van der Waals surface area contributed by atoms with Crippen molar-refractivity contribution < 1.29 is 4.74 Å². The summed E-state index contributed by atoms with van der Waals surface area (Å²) in [6, 6.07) is 0.0813. The SMILES string of the molecule is COC1CCN(c2nc(C)c(C(C)N)s2)CC1. The molecular formula is C12H21N3OS. The summed E-state index contributed by atoms with van der Waals surface area (Å²) < 4.78 is 5.38. The van der Waals surface area contributed by atoms with Gasteiger partial charge in [-0.25, -0.2) is 4.98 Å². The van der Waals surface area contributed by atoms with Crippen molar-refractivity contribution in [3.63, 3.8) is 0 Å². The highest BCUT2D eigenvalue weighted by atomic mass is 32.1. The average Bonchev–Trinajstić information content (AvgIpc) is 2.71. The van der Waals surface area contributed by atoms with Gasteiger partial charge < -0.3 is 15.4 Å². The minimum Gasteiger partial charge on any atom is -0.381 e. The van der Waals surface area contributed by atoms with E-state index in [-0.39, 0.29) is 6.04 Å². The maximum absolute atomic E-state index is 5.93. The van der Waals surface area contributed by atoms with Crippen LogP contribution >= 0.6 is 11.3 Å². The molecule has 1 atom stereocenters. The van der Waals surface area contributed by atoms with Crippen LogP contribution in [0.2, 0.25) is 0 Å². The molecule has 0 amide bonds. The summed E-state index contributed by atoms with van der Waals surface area (Å²) in [7, 11) is 1.79. The van der Waals surface area contributed by atoms with Gasteiger partial charge in [-0.15, -0.1) is 11.3 Å². The Morgan fingerprint density at radius 1 is 1.47 bits per heavy atom. The van der Waals surface area contributed by atoms with E-state index in [1.165, 1.54) is 4.88 Å². The lowest BCUT2D eigenvalue weighted by Crippen LogP contribution is -2.36. The van der Waals surface area contributed by atoms with Gasteiger partial charge in [0.1, 0.15) is 0 Å². The smallest absolute Gasteiger partial charge is 0.185 e. The third kappa shape index (κ3) is 2.78. The Kier molecular flexibility index (Phi) is 4.01. The molecule has 4 nitrogen and oxygen atoms in total. The fourth-order valence-electron chi connectivity index (χ4n) is 2.23. The number of hydrogen-bond acceptors (Lipinski definition) is 5. The van der Waals surface area contributed by atoms with Crippen molar-refractivity contribution in [2.45, 2.75) is 38.8 Å². The molecule has 17 heavy (non-hydrogen) atoms. The van der Waals surface area contributed by atoms with E-state index in [1.807, 2.05) is 13.8 Å². The number of anilines is 1. The third-order valence-corrected chi connectivity index (χ3v) is 4.70. The van der Waals surface area contributed by atoms with Crippen molar-refractivity contribution in [1.82, 2.24) is 4.98 Å². The Morgan fingerprint density at radius 3 is 2.59 bits per heavy atom. The Morgan fingerprint density at radius 2 is 2.12 bits per heavy atom. The Labute approximate surface area is 107 Å². The monoisotopic (exact) mass is 255 g/mol. The second-order valence-electron chi connectivity index (χ2n) is 4.66. The summed E-state index contributed by atoms with van der Waals surface area (Å²) in [6.07, 6.45) is 2.59. The van der Waals surface area contributed by atoms with Gasteiger partial charge in [-0.2, -0.15) is 0 Å². The first kappa shape index (κ1) is 12.8. The Hall–Kier alpha value is -0.650. The van der Waals surface area contributed by atoms with Crippen LogP contribution in [0.15, 0.2) is 0 Å². The predicted molar refractivity (Wildman–Crippen MR) is 71.7 cm³/mol. The lowest BCUT2D eigenvalue weighted by Gasteiger charge is -2.30. The van der Waals surface area contributed by atoms with E-state index in [2.05, 4.69) is 9.88 Å². The molecule has 0 aliphatic carbocycles. The second kappa shape index (κ2) is 5.33. The summed E-state index contributed by atoms with van der Waals surface area (Å²) in [5.41, 5.74) is 7.01. The molecule has 0 bridgehead atoms. The first-order valence-electron chi connectivity index (χ1n) is 6.12. The zero-order valence-corrected chi connectivity index (χ0v) is 11.6. The van der Waals surface area contributed by atoms with Crippen molar-refractivity contribution in [3.05, 3.63) is 10.6 Å². The Balaban J connectivity index is 2.06. The van der Waals surface area contributed by atoms with Gasteiger partial charge in [0.2, 0.25) is 0 Å². The second-order valence-corrected chi connectivity index (χ2v) is 5.67. The topological polar surface area (TPSA) is 51.4 Å². The molecule has 0 radical (unpaired) electrons. The lowest BCUT2D eigenvalue weighted by molar-refractivity contribution is 0.0819. The number of ether oxygens (including phenoxy) is 1. The van der Waals surface area contributed by atoms with E-state index in [9.17, 15) is 0 Å². The third-order valence-electron chi connectivity index (χ3n) is 3.28. The van der Waals surface area contributed by atoms with Crippen LogP contribution in [0.5, 0.6) is 0 Å². The predicted octanol–water partition coefficient (Wildman–Crippen LogP) is 2.09. The highest BCUT2D eigenvalue weighted by molar-refractivity contribution is 7.15. The number of aromatic nitrogens is 1. The van der Waals surface area contributed by atoms with Crippen LogP contribution in [0.3, 0.4) is 0 Å². The van der Waals surface area contributed by atoms with Crippen LogP contribution in [0.25, 0.3) is 0 Å². The standard InChI is InChI=1S/C12H21N3OS/c1-8(13)11-9(2)14-12(17-11)15-6-4-10(16-3)5-7-15/h8,10H,4-7,13H2,1-3H3. The molecular weight excluding hydrogens is 234 g/mol. The van der Waals surface area contributed by atoms with E-state index in [0.717, 1.165) is 36.8 Å². The van der Waals surface area contributed by atoms with Gasteiger partial charge in [0, 0.05) is 31.1 Å². The fourth-order valence-corrected chi connectivity index (χ4v) is 3.30. The number of methoxy groups -OCH3 is 1. The van der Waals surface area contributed by atoms with Gasteiger partial charge >= 0.3 is 0 Å². The molecule has 5 heteroatoms. The molecule has 0 saturated carbocycles. The number of thiazole rings is 1. The van der Waals surface area contributed by atoms with Crippen LogP contribution in [-0.4, -0.2) is 31.3 Å². The maximum Gasteiger partial charge on any atom is 0.185 e. The molecule has 1 aliphatic rings. The fraction of sp³-hybridized carbons (Fsp3) is 0.750. The van der Waals surface area contributed by atoms with E-state index >= 15 is 0 Å². The molecule has 1 aliphatic heterocycles. The Bertz CT molecular complexity index is 370. The van der Waals surface area contributed by atoms with Crippen molar-refractivity contribution in [2.75, 3.05) is 25.1 Å². The highest BCUT2D eigenvalue weighted by Crippen LogP contribution is 2.31. The zero-order valence-electron chi connectivity index (χ0n) is 10.8. The minimum absolute atomic E-state index is 0.0813. The number of hydrogen-bond donors (Lipinski definition) is 1. The van der Waals surface area contributed by atoms with Crippen molar-refractivity contribution in [1.29, 1.82) is 0 Å². The molecule has 0 spiro atoms. The maximum atomic E-state index is 5.93. The normalized spacial score (nSPS) is 19.6. The van der Waals surface area contributed by atoms with E-state index in [4.69, 9.17) is 10.5 Å². The van der Waals surface area contributed by atoms with Crippen LogP contribution < -0.4 is 10.6 Å². The zero-order chi connectivity index (χ0) is 12.4. The quantitative estimate of drug-likeness (QED) is 0.898. The lowest BCUT2D eigenvalue weighted by atomic mass is 10.1. The summed E-state index contributed by atoms with van der Waals surface area (Å²) in [6.45, 7) is 6.12. The molecule has 2 rings (SSSR count). The molecule has 1 aromatic rings. The summed E-state index contributed by atoms with van der Waals surface area (Å²) in [5.74, 6) is 0. The molecule has 1 aromatic heterocycles. The molecule has 1 fully saturated rings. The van der Waals surface area contributed by atoms with Crippen LogP contribution in [0.1, 0.15) is 36.4 Å². The molecule has 2 N–H and O–H groups in total. The van der Waals surface area contributed by atoms with Crippen molar-refractivity contribution in [2.24, 2.45) is 5.73 Å². The molecule has 2 heterocycles. The summed E-state index contributed by atoms with van der Waals surface area (Å²) in [4.78, 5) is 8.18. The highest BCUT2D eigenvalue weighted by Gasteiger charge is 2.22. The van der Waals surface area contributed by atoms with Gasteiger partial charge in [0.25, 0.3) is 0 Å². The van der Waals surface area contributed by atoms with Gasteiger partial charge in [0.05, 0.1) is 11.8 Å². The number of nitrogens with two attached hydrogens (primary N) is 1.